The summed E-state index contributed by atoms with van der Waals surface area (Å²) in [5.74, 6) is 0. The molecule has 0 bridgehead atoms. The topological polar surface area (TPSA) is 55.8 Å². The maximum atomic E-state index is 12.3. The Balaban J connectivity index is 1.37. The summed E-state index contributed by atoms with van der Waals surface area (Å²) in [7, 11) is 1.80. The second kappa shape index (κ2) is 8.19. The first-order valence-electron chi connectivity index (χ1n) is 9.52. The molecule has 2 fully saturated rings. The number of hydrogen-bond donors (Lipinski definition) is 2. The lowest BCUT2D eigenvalue weighted by molar-refractivity contribution is 0.149. The molecule has 0 spiro atoms. The van der Waals surface area contributed by atoms with E-state index in [4.69, 9.17) is 0 Å². The van der Waals surface area contributed by atoms with Crippen LogP contribution in [0.2, 0.25) is 0 Å². The highest BCUT2D eigenvalue weighted by molar-refractivity contribution is 5.73. The van der Waals surface area contributed by atoms with Gasteiger partial charge in [-0.05, 0) is 50.8 Å². The third kappa shape index (κ3) is 5.19. The molecule has 5 nitrogen and oxygen atoms in total. The van der Waals surface area contributed by atoms with Crippen molar-refractivity contribution in [1.29, 1.82) is 0 Å². The van der Waals surface area contributed by atoms with Crippen molar-refractivity contribution in [3.8, 4) is 0 Å². The normalized spacial score (nSPS) is 20.2. The van der Waals surface area contributed by atoms with Crippen molar-refractivity contribution in [3.63, 3.8) is 0 Å². The van der Waals surface area contributed by atoms with Crippen LogP contribution in [-0.2, 0) is 0 Å². The van der Waals surface area contributed by atoms with Crippen molar-refractivity contribution >= 4 is 6.03 Å². The maximum Gasteiger partial charge on any atom is 0.317 e. The van der Waals surface area contributed by atoms with Gasteiger partial charge in [0, 0.05) is 32.1 Å². The van der Waals surface area contributed by atoms with E-state index in [9.17, 15) is 9.90 Å². The predicted octanol–water partition coefficient (Wildman–Crippen LogP) is 2.63. The first kappa shape index (κ1) is 18.2. The molecule has 2 aliphatic rings. The number of likely N-dealkylation sites (tertiary alicyclic amines) is 1. The number of carbonyl (C=O) groups is 1. The average Bonchev–Trinajstić information content (AvgIpc) is 3.21. The molecular weight excluding hydrogens is 314 g/mol. The lowest BCUT2D eigenvalue weighted by atomic mass is 10.1. The molecule has 25 heavy (non-hydrogen) atoms. The van der Waals surface area contributed by atoms with Gasteiger partial charge in [0.05, 0.1) is 6.10 Å². The molecule has 1 aromatic rings. The van der Waals surface area contributed by atoms with Gasteiger partial charge in [-0.2, -0.15) is 0 Å². The van der Waals surface area contributed by atoms with Gasteiger partial charge in [0.15, 0.2) is 0 Å². The maximum absolute atomic E-state index is 12.3. The number of aliphatic hydroxyl groups is 1. The van der Waals surface area contributed by atoms with Crippen LogP contribution in [0.3, 0.4) is 0 Å². The fourth-order valence-corrected chi connectivity index (χ4v) is 3.64. The van der Waals surface area contributed by atoms with E-state index in [0.717, 1.165) is 18.7 Å². The number of nitrogens with zero attached hydrogens (tertiary/aromatic N) is 2. The molecular formula is C20H31N3O2. The van der Waals surface area contributed by atoms with Gasteiger partial charge in [-0.1, -0.05) is 30.3 Å². The average molecular weight is 345 g/mol. The number of benzene rings is 1. The zero-order chi connectivity index (χ0) is 17.7. The number of carbonyl (C=O) groups excluding carboxylic acids is 1. The largest absolute Gasteiger partial charge is 0.388 e. The summed E-state index contributed by atoms with van der Waals surface area (Å²) in [5.41, 5.74) is 1.21. The van der Waals surface area contributed by atoms with E-state index >= 15 is 0 Å². The van der Waals surface area contributed by atoms with Gasteiger partial charge in [-0.3, -0.25) is 0 Å². The van der Waals surface area contributed by atoms with Crippen molar-refractivity contribution in [2.45, 2.75) is 38.2 Å². The van der Waals surface area contributed by atoms with E-state index in [0.29, 0.717) is 18.4 Å². The van der Waals surface area contributed by atoms with Crippen LogP contribution in [-0.4, -0.2) is 60.7 Å². The minimum Gasteiger partial charge on any atom is -0.388 e. The second-order valence-corrected chi connectivity index (χ2v) is 7.78. The first-order valence-corrected chi connectivity index (χ1v) is 9.52. The summed E-state index contributed by atoms with van der Waals surface area (Å²) < 4.78 is 0. The number of nitrogens with one attached hydrogen (secondary N) is 1. The zero-order valence-electron chi connectivity index (χ0n) is 15.3. The monoisotopic (exact) mass is 345 g/mol. The van der Waals surface area contributed by atoms with E-state index in [-0.39, 0.29) is 6.03 Å². The van der Waals surface area contributed by atoms with Gasteiger partial charge in [0.25, 0.3) is 0 Å². The van der Waals surface area contributed by atoms with E-state index in [1.165, 1.54) is 38.8 Å². The molecule has 0 radical (unpaired) electrons. The van der Waals surface area contributed by atoms with Gasteiger partial charge in [0.2, 0.25) is 0 Å². The van der Waals surface area contributed by atoms with Crippen molar-refractivity contribution in [2.75, 3.05) is 39.8 Å². The fraction of sp³-hybridized carbons (Fsp3) is 0.650. The molecule has 2 amide bonds. The lowest BCUT2D eigenvalue weighted by Gasteiger charge is -2.25. The summed E-state index contributed by atoms with van der Waals surface area (Å²) in [4.78, 5) is 16.5. The van der Waals surface area contributed by atoms with Crippen LogP contribution in [0.1, 0.15) is 43.8 Å². The molecule has 1 atom stereocenters. The molecule has 0 aromatic heterocycles. The molecule has 1 saturated carbocycles. The molecule has 5 heteroatoms. The molecule has 1 aliphatic heterocycles. The minimum absolute atomic E-state index is 0.0343. The molecule has 1 saturated heterocycles. The van der Waals surface area contributed by atoms with Crippen LogP contribution in [0.4, 0.5) is 4.79 Å². The van der Waals surface area contributed by atoms with Crippen molar-refractivity contribution in [2.24, 2.45) is 5.41 Å². The fourth-order valence-electron chi connectivity index (χ4n) is 3.64. The van der Waals surface area contributed by atoms with Crippen LogP contribution in [0, 0.1) is 5.41 Å². The summed E-state index contributed by atoms with van der Waals surface area (Å²) in [6.07, 6.45) is 5.10. The quantitative estimate of drug-likeness (QED) is 0.761. The van der Waals surface area contributed by atoms with Crippen molar-refractivity contribution in [1.82, 2.24) is 15.1 Å². The van der Waals surface area contributed by atoms with Crippen molar-refractivity contribution in [3.05, 3.63) is 35.9 Å². The lowest BCUT2D eigenvalue weighted by Crippen LogP contribution is -2.43. The SMILES string of the molecule is CN(CCC(O)c1ccccc1)C(=O)NCC1(CN2CCCC2)CC1. The van der Waals surface area contributed by atoms with Crippen LogP contribution in [0.5, 0.6) is 0 Å². The highest BCUT2D eigenvalue weighted by Crippen LogP contribution is 2.46. The molecule has 1 aliphatic carbocycles. The Labute approximate surface area is 151 Å². The standard InChI is InChI=1S/C20H31N3O2/c1-22(14-9-18(24)17-7-3-2-4-8-17)19(25)21-15-20(10-11-20)16-23-12-5-6-13-23/h2-4,7-8,18,24H,5-6,9-16H2,1H3,(H,21,25). The van der Waals surface area contributed by atoms with Crippen LogP contribution in [0.25, 0.3) is 0 Å². The Hall–Kier alpha value is -1.59. The zero-order valence-corrected chi connectivity index (χ0v) is 15.3. The van der Waals surface area contributed by atoms with Gasteiger partial charge in [-0.15, -0.1) is 0 Å². The van der Waals surface area contributed by atoms with E-state index in [1.54, 1.807) is 11.9 Å². The summed E-state index contributed by atoms with van der Waals surface area (Å²) in [6, 6.07) is 9.58. The molecule has 3 rings (SSSR count). The Bertz CT molecular complexity index is 553. The first-order chi connectivity index (χ1) is 12.1. The summed E-state index contributed by atoms with van der Waals surface area (Å²) >= 11 is 0. The Morgan fingerprint density at radius 1 is 1.28 bits per heavy atom. The number of rotatable bonds is 8. The number of urea groups is 1. The van der Waals surface area contributed by atoms with Gasteiger partial charge < -0.3 is 20.2 Å². The van der Waals surface area contributed by atoms with Crippen LogP contribution in [0.15, 0.2) is 30.3 Å². The number of amides is 2. The number of hydrogen-bond acceptors (Lipinski definition) is 3. The van der Waals surface area contributed by atoms with Crippen LogP contribution >= 0.6 is 0 Å². The molecule has 1 heterocycles. The van der Waals surface area contributed by atoms with Gasteiger partial charge >= 0.3 is 6.03 Å². The predicted molar refractivity (Wildman–Crippen MR) is 99.4 cm³/mol. The number of aliphatic hydroxyl groups excluding tert-OH is 1. The van der Waals surface area contributed by atoms with Crippen molar-refractivity contribution < 1.29 is 9.90 Å². The molecule has 2 N–H and O–H groups in total. The Morgan fingerprint density at radius 3 is 2.60 bits per heavy atom. The van der Waals surface area contributed by atoms with E-state index in [1.807, 2.05) is 30.3 Å². The van der Waals surface area contributed by atoms with E-state index < -0.39 is 6.10 Å². The molecule has 1 aromatic carbocycles. The highest BCUT2D eigenvalue weighted by atomic mass is 16.3. The molecule has 1 unspecified atom stereocenters. The van der Waals surface area contributed by atoms with Gasteiger partial charge in [0.1, 0.15) is 0 Å². The van der Waals surface area contributed by atoms with Gasteiger partial charge in [-0.25, -0.2) is 4.79 Å². The third-order valence-corrected chi connectivity index (χ3v) is 5.60. The highest BCUT2D eigenvalue weighted by Gasteiger charge is 2.44. The second-order valence-electron chi connectivity index (χ2n) is 7.78. The minimum atomic E-state index is -0.526. The molecule has 138 valence electrons. The van der Waals surface area contributed by atoms with E-state index in [2.05, 4.69) is 10.2 Å². The summed E-state index contributed by atoms with van der Waals surface area (Å²) in [6.45, 7) is 4.87. The summed E-state index contributed by atoms with van der Waals surface area (Å²) in [5, 5.41) is 13.3. The smallest absolute Gasteiger partial charge is 0.317 e. The Kier molecular flexibility index (Phi) is 5.97. The Morgan fingerprint density at radius 2 is 1.96 bits per heavy atom. The third-order valence-electron chi connectivity index (χ3n) is 5.60. The van der Waals surface area contributed by atoms with Crippen LogP contribution < -0.4 is 5.32 Å².